The molecule has 126 valence electrons. The Morgan fingerprint density at radius 3 is 2.83 bits per heavy atom. The van der Waals surface area contributed by atoms with Gasteiger partial charge in [0.2, 0.25) is 11.8 Å². The number of nitrogens with zero attached hydrogens (tertiary/aromatic N) is 1. The third-order valence-corrected chi connectivity index (χ3v) is 4.76. The number of furan rings is 1. The second-order valence-corrected chi connectivity index (χ2v) is 6.64. The van der Waals surface area contributed by atoms with E-state index in [9.17, 15) is 9.59 Å². The highest BCUT2D eigenvalue weighted by Crippen LogP contribution is 2.31. The Labute approximate surface area is 137 Å². The van der Waals surface area contributed by atoms with E-state index >= 15 is 0 Å². The summed E-state index contributed by atoms with van der Waals surface area (Å²) in [6.07, 6.45) is 9.23. The van der Waals surface area contributed by atoms with Gasteiger partial charge in [0.05, 0.1) is 12.3 Å². The average Bonchev–Trinajstić information content (AvgIpc) is 3.32. The van der Waals surface area contributed by atoms with Crippen LogP contribution in [-0.4, -0.2) is 29.8 Å². The van der Waals surface area contributed by atoms with E-state index < -0.39 is 0 Å². The van der Waals surface area contributed by atoms with Crippen molar-refractivity contribution < 1.29 is 14.0 Å². The highest BCUT2D eigenvalue weighted by molar-refractivity contribution is 5.81. The Morgan fingerprint density at radius 2 is 2.09 bits per heavy atom. The second-order valence-electron chi connectivity index (χ2n) is 6.64. The molecule has 0 bridgehead atoms. The van der Waals surface area contributed by atoms with Crippen LogP contribution < -0.4 is 5.32 Å². The van der Waals surface area contributed by atoms with Crippen molar-refractivity contribution in [2.75, 3.05) is 13.1 Å². The number of carbonyl (C=O) groups excluding carboxylic acids is 2. The lowest BCUT2D eigenvalue weighted by atomic mass is 10.1. The van der Waals surface area contributed by atoms with Gasteiger partial charge >= 0.3 is 0 Å². The largest absolute Gasteiger partial charge is 0.467 e. The summed E-state index contributed by atoms with van der Waals surface area (Å²) in [5, 5.41) is 2.93. The van der Waals surface area contributed by atoms with Crippen LogP contribution >= 0.6 is 0 Å². The molecular formula is C18H26N2O3. The zero-order chi connectivity index (χ0) is 16.1. The van der Waals surface area contributed by atoms with Crippen LogP contribution in [0.4, 0.5) is 0 Å². The lowest BCUT2D eigenvalue weighted by molar-refractivity contribution is -0.134. The number of carbonyl (C=O) groups is 2. The Bertz CT molecular complexity index is 522. The van der Waals surface area contributed by atoms with Crippen LogP contribution in [0.1, 0.15) is 63.2 Å². The van der Waals surface area contributed by atoms with Crippen molar-refractivity contribution in [1.29, 1.82) is 0 Å². The molecule has 1 atom stereocenters. The van der Waals surface area contributed by atoms with Gasteiger partial charge in [0, 0.05) is 25.4 Å². The van der Waals surface area contributed by atoms with E-state index in [-0.39, 0.29) is 23.8 Å². The second kappa shape index (κ2) is 7.66. The number of hydrogen-bond donors (Lipinski definition) is 1. The van der Waals surface area contributed by atoms with E-state index in [0.29, 0.717) is 19.4 Å². The summed E-state index contributed by atoms with van der Waals surface area (Å²) >= 11 is 0. The molecule has 1 N–H and O–H groups in total. The van der Waals surface area contributed by atoms with Crippen LogP contribution in [0, 0.1) is 5.92 Å². The summed E-state index contributed by atoms with van der Waals surface area (Å²) in [4.78, 5) is 26.2. The molecule has 1 saturated carbocycles. The smallest absolute Gasteiger partial charge is 0.223 e. The maximum atomic E-state index is 12.6. The maximum absolute atomic E-state index is 12.6. The van der Waals surface area contributed by atoms with Gasteiger partial charge in [-0.15, -0.1) is 0 Å². The fourth-order valence-corrected chi connectivity index (χ4v) is 3.27. The summed E-state index contributed by atoms with van der Waals surface area (Å²) < 4.78 is 5.55. The minimum Gasteiger partial charge on any atom is -0.467 e. The van der Waals surface area contributed by atoms with Gasteiger partial charge in [-0.05, 0) is 44.2 Å². The summed E-state index contributed by atoms with van der Waals surface area (Å²) in [7, 11) is 0. The lowest BCUT2D eigenvalue weighted by Gasteiger charge is -2.28. The normalized spacial score (nSPS) is 21.7. The molecule has 5 nitrogen and oxygen atoms in total. The molecule has 5 heteroatoms. The minimum atomic E-state index is 0.0704. The van der Waals surface area contributed by atoms with Gasteiger partial charge in [-0.2, -0.15) is 0 Å². The zero-order valence-corrected chi connectivity index (χ0v) is 13.6. The van der Waals surface area contributed by atoms with E-state index in [2.05, 4.69) is 5.32 Å². The van der Waals surface area contributed by atoms with Crippen LogP contribution in [0.2, 0.25) is 0 Å². The molecule has 23 heavy (non-hydrogen) atoms. The first-order valence-corrected chi connectivity index (χ1v) is 8.86. The molecule has 2 heterocycles. The summed E-state index contributed by atoms with van der Waals surface area (Å²) in [5.74, 6) is 1.46. The van der Waals surface area contributed by atoms with E-state index in [1.165, 1.54) is 6.42 Å². The Balaban J connectivity index is 1.49. The molecule has 1 aliphatic carbocycles. The molecule has 3 rings (SSSR count). The number of amides is 2. The molecule has 1 saturated heterocycles. The van der Waals surface area contributed by atoms with Gasteiger partial charge in [-0.3, -0.25) is 9.59 Å². The SMILES string of the molecule is O=C(NCCCC(=O)N1CCCCCC1c1ccco1)C1CC1. The molecule has 0 spiro atoms. The monoisotopic (exact) mass is 318 g/mol. The number of likely N-dealkylation sites (tertiary alicyclic amines) is 1. The molecule has 2 aliphatic rings. The Hall–Kier alpha value is -1.78. The molecular weight excluding hydrogens is 292 g/mol. The van der Waals surface area contributed by atoms with Gasteiger partial charge in [0.15, 0.2) is 0 Å². The summed E-state index contributed by atoms with van der Waals surface area (Å²) in [6, 6.07) is 3.92. The van der Waals surface area contributed by atoms with E-state index in [4.69, 9.17) is 4.42 Å². The molecule has 1 unspecified atom stereocenters. The number of hydrogen-bond acceptors (Lipinski definition) is 3. The fourth-order valence-electron chi connectivity index (χ4n) is 3.27. The van der Waals surface area contributed by atoms with Crippen molar-refractivity contribution in [3.8, 4) is 0 Å². The molecule has 0 aromatic carbocycles. The Morgan fingerprint density at radius 1 is 1.22 bits per heavy atom. The van der Waals surface area contributed by atoms with Crippen LogP contribution in [0.15, 0.2) is 22.8 Å². The molecule has 1 aromatic rings. The first-order chi connectivity index (χ1) is 11.3. The number of nitrogens with one attached hydrogen (secondary N) is 1. The van der Waals surface area contributed by atoms with Gasteiger partial charge in [0.25, 0.3) is 0 Å². The van der Waals surface area contributed by atoms with Crippen molar-refractivity contribution in [1.82, 2.24) is 10.2 Å². The predicted molar refractivity (Wildman–Crippen MR) is 86.6 cm³/mol. The first-order valence-electron chi connectivity index (χ1n) is 8.86. The van der Waals surface area contributed by atoms with Gasteiger partial charge in [-0.1, -0.05) is 12.8 Å². The van der Waals surface area contributed by atoms with Crippen LogP contribution in [0.3, 0.4) is 0 Å². The topological polar surface area (TPSA) is 62.6 Å². The standard InChI is InChI=1S/C18H26N2O3/c21-17(8-4-11-19-18(22)14-9-10-14)20-12-3-1-2-6-15(20)16-7-5-13-23-16/h5,7,13-15H,1-4,6,8-12H2,(H,19,22). The van der Waals surface area contributed by atoms with E-state index in [1.54, 1.807) is 6.26 Å². The summed E-state index contributed by atoms with van der Waals surface area (Å²) in [6.45, 7) is 1.40. The van der Waals surface area contributed by atoms with Crippen molar-refractivity contribution >= 4 is 11.8 Å². The molecule has 1 aliphatic heterocycles. The van der Waals surface area contributed by atoms with E-state index in [0.717, 1.165) is 44.4 Å². The van der Waals surface area contributed by atoms with Crippen LogP contribution in [-0.2, 0) is 9.59 Å². The van der Waals surface area contributed by atoms with Crippen LogP contribution in [0.5, 0.6) is 0 Å². The first kappa shape index (κ1) is 16.1. The van der Waals surface area contributed by atoms with Crippen molar-refractivity contribution in [3.63, 3.8) is 0 Å². The predicted octanol–water partition coefficient (Wildman–Crippen LogP) is 3.03. The summed E-state index contributed by atoms with van der Waals surface area (Å²) in [5.41, 5.74) is 0. The van der Waals surface area contributed by atoms with Crippen molar-refractivity contribution in [2.24, 2.45) is 5.92 Å². The average molecular weight is 318 g/mol. The number of rotatable bonds is 6. The van der Waals surface area contributed by atoms with Crippen LogP contribution in [0.25, 0.3) is 0 Å². The molecule has 2 fully saturated rings. The fraction of sp³-hybridized carbons (Fsp3) is 0.667. The highest BCUT2D eigenvalue weighted by atomic mass is 16.3. The minimum absolute atomic E-state index is 0.0704. The van der Waals surface area contributed by atoms with Gasteiger partial charge in [0.1, 0.15) is 5.76 Å². The molecule has 1 aromatic heterocycles. The van der Waals surface area contributed by atoms with Crippen molar-refractivity contribution in [2.45, 2.75) is 57.4 Å². The van der Waals surface area contributed by atoms with Gasteiger partial charge in [-0.25, -0.2) is 0 Å². The van der Waals surface area contributed by atoms with Gasteiger partial charge < -0.3 is 14.6 Å². The third kappa shape index (κ3) is 4.36. The lowest BCUT2D eigenvalue weighted by Crippen LogP contribution is -2.35. The molecule has 0 radical (unpaired) electrons. The zero-order valence-electron chi connectivity index (χ0n) is 13.6. The maximum Gasteiger partial charge on any atom is 0.223 e. The quantitative estimate of drug-likeness (QED) is 0.820. The molecule has 2 amide bonds. The third-order valence-electron chi connectivity index (χ3n) is 4.76. The van der Waals surface area contributed by atoms with E-state index in [1.807, 2.05) is 17.0 Å². The highest BCUT2D eigenvalue weighted by Gasteiger charge is 2.30. The Kier molecular flexibility index (Phi) is 5.36. The van der Waals surface area contributed by atoms with Crippen molar-refractivity contribution in [3.05, 3.63) is 24.2 Å².